The Labute approximate surface area is 127 Å². The summed E-state index contributed by atoms with van der Waals surface area (Å²) < 4.78 is 7.59. The van der Waals surface area contributed by atoms with Gasteiger partial charge in [-0.25, -0.2) is 4.98 Å². The van der Waals surface area contributed by atoms with Crippen LogP contribution >= 0.6 is 0 Å². The fraction of sp³-hybridized carbons (Fsp3) is 0.588. The molecule has 21 heavy (non-hydrogen) atoms. The van der Waals surface area contributed by atoms with Crippen molar-refractivity contribution >= 4 is 11.0 Å². The SMILES string of the molecule is CCCCCn1c(C(N)CCC)nc2cc(OC)ccc21. The van der Waals surface area contributed by atoms with Crippen molar-refractivity contribution < 1.29 is 4.74 Å². The van der Waals surface area contributed by atoms with Gasteiger partial charge >= 0.3 is 0 Å². The van der Waals surface area contributed by atoms with Crippen molar-refractivity contribution in [3.8, 4) is 5.75 Å². The Morgan fingerprint density at radius 3 is 2.71 bits per heavy atom. The molecule has 0 fully saturated rings. The molecule has 1 unspecified atom stereocenters. The Bertz CT molecular complexity index is 577. The number of imidazole rings is 1. The van der Waals surface area contributed by atoms with E-state index >= 15 is 0 Å². The van der Waals surface area contributed by atoms with E-state index in [1.807, 2.05) is 12.1 Å². The number of fused-ring (bicyclic) bond motifs is 1. The second-order valence-corrected chi connectivity index (χ2v) is 5.58. The number of nitrogens with two attached hydrogens (primary N) is 1. The molecule has 0 amide bonds. The van der Waals surface area contributed by atoms with Gasteiger partial charge in [0.15, 0.2) is 0 Å². The predicted molar refractivity (Wildman–Crippen MR) is 87.6 cm³/mol. The van der Waals surface area contributed by atoms with Crippen molar-refractivity contribution in [2.45, 2.75) is 58.5 Å². The first-order chi connectivity index (χ1) is 10.2. The third-order valence-corrected chi connectivity index (χ3v) is 3.90. The molecule has 1 atom stereocenters. The number of hydrogen-bond donors (Lipinski definition) is 1. The number of benzene rings is 1. The molecule has 0 aliphatic heterocycles. The van der Waals surface area contributed by atoms with Crippen LogP contribution in [0.5, 0.6) is 5.75 Å². The van der Waals surface area contributed by atoms with Gasteiger partial charge in [-0.3, -0.25) is 0 Å². The minimum atomic E-state index is 0.00928. The zero-order chi connectivity index (χ0) is 15.2. The summed E-state index contributed by atoms with van der Waals surface area (Å²) in [4.78, 5) is 4.78. The maximum atomic E-state index is 6.33. The first-order valence-corrected chi connectivity index (χ1v) is 8.01. The molecular formula is C17H27N3O. The van der Waals surface area contributed by atoms with Crippen LogP contribution in [0.1, 0.15) is 57.8 Å². The van der Waals surface area contributed by atoms with E-state index in [1.165, 1.54) is 19.3 Å². The van der Waals surface area contributed by atoms with E-state index in [-0.39, 0.29) is 6.04 Å². The molecule has 0 saturated heterocycles. The van der Waals surface area contributed by atoms with Gasteiger partial charge in [0.2, 0.25) is 0 Å². The number of ether oxygens (including phenoxy) is 1. The summed E-state index contributed by atoms with van der Waals surface area (Å²) in [5.74, 6) is 1.85. The Morgan fingerprint density at radius 1 is 1.24 bits per heavy atom. The third-order valence-electron chi connectivity index (χ3n) is 3.90. The highest BCUT2D eigenvalue weighted by molar-refractivity contribution is 5.78. The highest BCUT2D eigenvalue weighted by Gasteiger charge is 2.16. The molecule has 2 rings (SSSR count). The smallest absolute Gasteiger partial charge is 0.126 e. The van der Waals surface area contributed by atoms with Crippen molar-refractivity contribution in [2.24, 2.45) is 5.73 Å². The third kappa shape index (κ3) is 3.56. The van der Waals surface area contributed by atoms with Crippen LogP contribution in [0.2, 0.25) is 0 Å². The van der Waals surface area contributed by atoms with Gasteiger partial charge in [-0.2, -0.15) is 0 Å². The van der Waals surface area contributed by atoms with Crippen LogP contribution in [0.4, 0.5) is 0 Å². The summed E-state index contributed by atoms with van der Waals surface area (Å²) in [7, 11) is 1.68. The predicted octanol–water partition coefficient (Wildman–Crippen LogP) is 4.04. The molecule has 4 nitrogen and oxygen atoms in total. The van der Waals surface area contributed by atoms with E-state index in [0.717, 1.165) is 42.0 Å². The van der Waals surface area contributed by atoms with Crippen LogP contribution < -0.4 is 10.5 Å². The monoisotopic (exact) mass is 289 g/mol. The van der Waals surface area contributed by atoms with E-state index in [2.05, 4.69) is 24.5 Å². The lowest BCUT2D eigenvalue weighted by atomic mass is 10.1. The second-order valence-electron chi connectivity index (χ2n) is 5.58. The molecule has 0 aliphatic carbocycles. The number of nitrogens with zero attached hydrogens (tertiary/aromatic N) is 2. The largest absolute Gasteiger partial charge is 0.497 e. The normalized spacial score (nSPS) is 12.8. The molecule has 0 radical (unpaired) electrons. The first-order valence-electron chi connectivity index (χ1n) is 8.01. The quantitative estimate of drug-likeness (QED) is 0.746. The highest BCUT2D eigenvalue weighted by Crippen LogP contribution is 2.26. The van der Waals surface area contributed by atoms with Crippen molar-refractivity contribution in [3.05, 3.63) is 24.0 Å². The van der Waals surface area contributed by atoms with Gasteiger partial charge in [-0.15, -0.1) is 0 Å². The van der Waals surface area contributed by atoms with Crippen LogP contribution in [-0.4, -0.2) is 16.7 Å². The number of unbranched alkanes of at least 4 members (excludes halogenated alkanes) is 2. The van der Waals surface area contributed by atoms with Gasteiger partial charge in [0.05, 0.1) is 24.2 Å². The first kappa shape index (κ1) is 15.8. The number of rotatable bonds is 8. The number of methoxy groups -OCH3 is 1. The topological polar surface area (TPSA) is 53.1 Å². The summed E-state index contributed by atoms with van der Waals surface area (Å²) in [5.41, 5.74) is 8.47. The maximum absolute atomic E-state index is 6.33. The van der Waals surface area contributed by atoms with Gasteiger partial charge < -0.3 is 15.0 Å². The van der Waals surface area contributed by atoms with Crippen LogP contribution in [0.25, 0.3) is 11.0 Å². The van der Waals surface area contributed by atoms with E-state index in [0.29, 0.717) is 0 Å². The van der Waals surface area contributed by atoms with E-state index in [4.69, 9.17) is 15.5 Å². The Balaban J connectivity index is 2.40. The van der Waals surface area contributed by atoms with Crippen LogP contribution in [0.3, 0.4) is 0 Å². The Kier molecular flexibility index (Phi) is 5.62. The van der Waals surface area contributed by atoms with Gasteiger partial charge in [0, 0.05) is 12.6 Å². The number of aromatic nitrogens is 2. The Hall–Kier alpha value is -1.55. The maximum Gasteiger partial charge on any atom is 0.126 e. The van der Waals surface area contributed by atoms with Crippen molar-refractivity contribution in [1.82, 2.24) is 9.55 Å². The summed E-state index contributed by atoms with van der Waals surface area (Å²) >= 11 is 0. The standard InChI is InChI=1S/C17H27N3O/c1-4-6-7-11-20-16-10-9-13(21-3)12-15(16)19-17(20)14(18)8-5-2/h9-10,12,14H,4-8,11,18H2,1-3H3. The Morgan fingerprint density at radius 2 is 2.05 bits per heavy atom. The van der Waals surface area contributed by atoms with Gasteiger partial charge in [-0.05, 0) is 25.0 Å². The van der Waals surface area contributed by atoms with E-state index in [9.17, 15) is 0 Å². The summed E-state index contributed by atoms with van der Waals surface area (Å²) in [6.45, 7) is 5.37. The summed E-state index contributed by atoms with van der Waals surface area (Å²) in [5, 5.41) is 0. The van der Waals surface area contributed by atoms with E-state index < -0.39 is 0 Å². The fourth-order valence-electron chi connectivity index (χ4n) is 2.73. The lowest BCUT2D eigenvalue weighted by Crippen LogP contribution is -2.16. The molecule has 116 valence electrons. The van der Waals surface area contributed by atoms with Crippen LogP contribution in [0, 0.1) is 0 Å². The molecule has 2 aromatic rings. The molecular weight excluding hydrogens is 262 g/mol. The van der Waals surface area contributed by atoms with Gasteiger partial charge in [0.1, 0.15) is 11.6 Å². The lowest BCUT2D eigenvalue weighted by molar-refractivity contribution is 0.415. The zero-order valence-corrected chi connectivity index (χ0v) is 13.4. The lowest BCUT2D eigenvalue weighted by Gasteiger charge is -2.14. The fourth-order valence-corrected chi connectivity index (χ4v) is 2.73. The molecule has 0 saturated carbocycles. The van der Waals surface area contributed by atoms with Crippen LogP contribution in [-0.2, 0) is 6.54 Å². The van der Waals surface area contributed by atoms with Crippen LogP contribution in [0.15, 0.2) is 18.2 Å². The minimum Gasteiger partial charge on any atom is -0.497 e. The average molecular weight is 289 g/mol. The highest BCUT2D eigenvalue weighted by atomic mass is 16.5. The molecule has 2 N–H and O–H groups in total. The van der Waals surface area contributed by atoms with Crippen molar-refractivity contribution in [3.63, 3.8) is 0 Å². The molecule has 1 aromatic carbocycles. The average Bonchev–Trinajstić information content (AvgIpc) is 2.86. The molecule has 1 heterocycles. The van der Waals surface area contributed by atoms with Gasteiger partial charge in [-0.1, -0.05) is 33.1 Å². The molecule has 0 spiro atoms. The zero-order valence-electron chi connectivity index (χ0n) is 13.4. The van der Waals surface area contributed by atoms with Crippen molar-refractivity contribution in [2.75, 3.05) is 7.11 Å². The van der Waals surface area contributed by atoms with Gasteiger partial charge in [0.25, 0.3) is 0 Å². The van der Waals surface area contributed by atoms with E-state index in [1.54, 1.807) is 7.11 Å². The second kappa shape index (κ2) is 7.46. The molecule has 1 aromatic heterocycles. The number of aryl methyl sites for hydroxylation is 1. The molecule has 0 bridgehead atoms. The summed E-state index contributed by atoms with van der Waals surface area (Å²) in [6, 6.07) is 6.09. The van der Waals surface area contributed by atoms with Crippen molar-refractivity contribution in [1.29, 1.82) is 0 Å². The molecule has 0 aliphatic rings. The number of hydrogen-bond acceptors (Lipinski definition) is 3. The molecule has 4 heteroatoms. The minimum absolute atomic E-state index is 0.00928. The summed E-state index contributed by atoms with van der Waals surface area (Å²) in [6.07, 6.45) is 5.66.